The molecule has 0 fully saturated rings. The molecule has 0 radical (unpaired) electrons. The predicted molar refractivity (Wildman–Crippen MR) is 57.8 cm³/mol. The summed E-state index contributed by atoms with van der Waals surface area (Å²) in [4.78, 5) is 4.08. The van der Waals surface area contributed by atoms with Gasteiger partial charge in [-0.1, -0.05) is 23.4 Å². The summed E-state index contributed by atoms with van der Waals surface area (Å²) in [5.41, 5.74) is 5.37. The van der Waals surface area contributed by atoms with Crippen LogP contribution in [0.2, 0.25) is 0 Å². The van der Waals surface area contributed by atoms with E-state index >= 15 is 0 Å². The van der Waals surface area contributed by atoms with Crippen LogP contribution in [-0.2, 0) is 13.0 Å². The van der Waals surface area contributed by atoms with Crippen LogP contribution in [0.1, 0.15) is 11.7 Å². The number of nitrogens with zero attached hydrogens (tertiary/aromatic N) is 2. The summed E-state index contributed by atoms with van der Waals surface area (Å²) >= 11 is 0. The van der Waals surface area contributed by atoms with E-state index in [0.29, 0.717) is 31.3 Å². The highest BCUT2D eigenvalue weighted by atomic mass is 16.5. The first kappa shape index (κ1) is 10.6. The van der Waals surface area contributed by atoms with Crippen LogP contribution in [-0.4, -0.2) is 16.7 Å². The lowest BCUT2D eigenvalue weighted by atomic mass is 10.3. The summed E-state index contributed by atoms with van der Waals surface area (Å²) in [5.74, 6) is 1.91. The van der Waals surface area contributed by atoms with Crippen molar-refractivity contribution in [2.45, 2.75) is 13.0 Å². The monoisotopic (exact) mass is 219 g/mol. The van der Waals surface area contributed by atoms with Crippen LogP contribution in [0.3, 0.4) is 0 Å². The number of aromatic nitrogens is 2. The first-order chi connectivity index (χ1) is 7.88. The van der Waals surface area contributed by atoms with E-state index in [1.54, 1.807) is 0 Å². The van der Waals surface area contributed by atoms with Gasteiger partial charge in [0, 0.05) is 0 Å². The SMILES string of the molecule is NCc1noc(CCOc2ccccc2)n1. The third-order valence-corrected chi connectivity index (χ3v) is 2.02. The minimum atomic E-state index is 0.295. The summed E-state index contributed by atoms with van der Waals surface area (Å²) in [7, 11) is 0. The van der Waals surface area contributed by atoms with Crippen molar-refractivity contribution in [2.75, 3.05) is 6.61 Å². The molecular weight excluding hydrogens is 206 g/mol. The van der Waals surface area contributed by atoms with E-state index in [4.69, 9.17) is 15.0 Å². The molecule has 0 spiro atoms. The van der Waals surface area contributed by atoms with E-state index in [2.05, 4.69) is 10.1 Å². The molecule has 0 aliphatic heterocycles. The van der Waals surface area contributed by atoms with Crippen molar-refractivity contribution in [1.29, 1.82) is 0 Å². The molecule has 84 valence electrons. The normalized spacial score (nSPS) is 10.3. The molecular formula is C11H13N3O2. The lowest BCUT2D eigenvalue weighted by Crippen LogP contribution is -2.02. The van der Waals surface area contributed by atoms with E-state index in [9.17, 15) is 0 Å². The molecule has 1 heterocycles. The number of nitrogens with two attached hydrogens (primary N) is 1. The van der Waals surface area contributed by atoms with Gasteiger partial charge in [0.05, 0.1) is 19.6 Å². The molecule has 0 saturated heterocycles. The smallest absolute Gasteiger partial charge is 0.230 e. The third-order valence-electron chi connectivity index (χ3n) is 2.02. The van der Waals surface area contributed by atoms with Crippen molar-refractivity contribution in [3.05, 3.63) is 42.0 Å². The Kier molecular flexibility index (Phi) is 3.50. The van der Waals surface area contributed by atoms with Crippen molar-refractivity contribution in [1.82, 2.24) is 10.1 Å². The Balaban J connectivity index is 1.80. The van der Waals surface area contributed by atoms with Gasteiger partial charge in [0.25, 0.3) is 0 Å². The molecule has 0 aliphatic rings. The van der Waals surface area contributed by atoms with E-state index in [1.807, 2.05) is 30.3 Å². The van der Waals surface area contributed by atoms with Gasteiger partial charge in [-0.2, -0.15) is 4.98 Å². The maximum absolute atomic E-state index is 5.49. The van der Waals surface area contributed by atoms with Gasteiger partial charge in [0.1, 0.15) is 5.75 Å². The van der Waals surface area contributed by atoms with Gasteiger partial charge in [-0.05, 0) is 12.1 Å². The highest BCUT2D eigenvalue weighted by Crippen LogP contribution is 2.08. The fourth-order valence-corrected chi connectivity index (χ4v) is 1.25. The number of rotatable bonds is 5. The standard InChI is InChI=1S/C11H13N3O2/c12-8-10-13-11(16-14-10)6-7-15-9-4-2-1-3-5-9/h1-5H,6-8,12H2. The highest BCUT2D eigenvalue weighted by molar-refractivity contribution is 5.20. The zero-order valence-electron chi connectivity index (χ0n) is 8.80. The highest BCUT2D eigenvalue weighted by Gasteiger charge is 2.04. The minimum absolute atomic E-state index is 0.295. The second kappa shape index (κ2) is 5.27. The lowest BCUT2D eigenvalue weighted by Gasteiger charge is -2.02. The van der Waals surface area contributed by atoms with Crippen LogP contribution in [0.4, 0.5) is 0 Å². The first-order valence-corrected chi connectivity index (χ1v) is 5.08. The molecule has 16 heavy (non-hydrogen) atoms. The molecule has 1 aromatic carbocycles. The van der Waals surface area contributed by atoms with Crippen LogP contribution in [0, 0.1) is 0 Å². The van der Waals surface area contributed by atoms with Crippen LogP contribution in [0.5, 0.6) is 5.75 Å². The van der Waals surface area contributed by atoms with Crippen molar-refractivity contribution < 1.29 is 9.26 Å². The quantitative estimate of drug-likeness (QED) is 0.816. The second-order valence-corrected chi connectivity index (χ2v) is 3.22. The van der Waals surface area contributed by atoms with E-state index in [0.717, 1.165) is 5.75 Å². The van der Waals surface area contributed by atoms with Gasteiger partial charge in [-0.25, -0.2) is 0 Å². The van der Waals surface area contributed by atoms with E-state index in [1.165, 1.54) is 0 Å². The van der Waals surface area contributed by atoms with Gasteiger partial charge in [-0.15, -0.1) is 0 Å². The topological polar surface area (TPSA) is 74.2 Å². The summed E-state index contributed by atoms with van der Waals surface area (Å²) in [5, 5.41) is 3.69. The molecule has 5 heteroatoms. The largest absolute Gasteiger partial charge is 0.493 e. The molecule has 0 bridgehead atoms. The molecule has 0 aliphatic carbocycles. The first-order valence-electron chi connectivity index (χ1n) is 5.08. The van der Waals surface area contributed by atoms with Crippen molar-refractivity contribution >= 4 is 0 Å². The van der Waals surface area contributed by atoms with Gasteiger partial charge in [-0.3, -0.25) is 0 Å². The lowest BCUT2D eigenvalue weighted by molar-refractivity contribution is 0.292. The fourth-order valence-electron chi connectivity index (χ4n) is 1.25. The molecule has 0 unspecified atom stereocenters. The van der Waals surface area contributed by atoms with Crippen molar-refractivity contribution in [3.63, 3.8) is 0 Å². The fraction of sp³-hybridized carbons (Fsp3) is 0.273. The number of hydrogen-bond acceptors (Lipinski definition) is 5. The zero-order valence-corrected chi connectivity index (χ0v) is 8.80. The Morgan fingerprint density at radius 1 is 1.25 bits per heavy atom. The molecule has 0 atom stereocenters. The Hall–Kier alpha value is -1.88. The molecule has 0 saturated carbocycles. The average molecular weight is 219 g/mol. The van der Waals surface area contributed by atoms with Crippen LogP contribution in [0.15, 0.2) is 34.9 Å². The Morgan fingerprint density at radius 2 is 2.06 bits per heavy atom. The summed E-state index contributed by atoms with van der Waals surface area (Å²) in [6.45, 7) is 0.805. The summed E-state index contributed by atoms with van der Waals surface area (Å²) in [6, 6.07) is 9.60. The summed E-state index contributed by atoms with van der Waals surface area (Å²) in [6.07, 6.45) is 0.585. The Labute approximate surface area is 93.2 Å². The Morgan fingerprint density at radius 3 is 2.75 bits per heavy atom. The second-order valence-electron chi connectivity index (χ2n) is 3.22. The van der Waals surface area contributed by atoms with Gasteiger partial charge in [0.15, 0.2) is 5.82 Å². The van der Waals surface area contributed by atoms with Gasteiger partial charge < -0.3 is 15.0 Å². The number of ether oxygens (including phenoxy) is 1. The molecule has 2 N–H and O–H groups in total. The van der Waals surface area contributed by atoms with Gasteiger partial charge >= 0.3 is 0 Å². The zero-order chi connectivity index (χ0) is 11.2. The summed E-state index contributed by atoms with van der Waals surface area (Å²) < 4.78 is 10.5. The molecule has 0 amide bonds. The third kappa shape index (κ3) is 2.80. The maximum atomic E-state index is 5.49. The maximum Gasteiger partial charge on any atom is 0.230 e. The Bertz CT molecular complexity index is 428. The average Bonchev–Trinajstić information content (AvgIpc) is 2.78. The van der Waals surface area contributed by atoms with E-state index in [-0.39, 0.29) is 0 Å². The van der Waals surface area contributed by atoms with Crippen molar-refractivity contribution in [2.24, 2.45) is 5.73 Å². The molecule has 1 aromatic heterocycles. The van der Waals surface area contributed by atoms with Crippen LogP contribution in [0.25, 0.3) is 0 Å². The van der Waals surface area contributed by atoms with Crippen LogP contribution >= 0.6 is 0 Å². The van der Waals surface area contributed by atoms with Crippen molar-refractivity contribution in [3.8, 4) is 5.75 Å². The molecule has 2 rings (SSSR count). The minimum Gasteiger partial charge on any atom is -0.493 e. The number of hydrogen-bond donors (Lipinski definition) is 1. The van der Waals surface area contributed by atoms with Crippen LogP contribution < -0.4 is 10.5 Å². The molecule has 5 nitrogen and oxygen atoms in total. The predicted octanol–water partition coefficient (Wildman–Crippen LogP) is 1.15. The molecule has 2 aromatic rings. The number of benzene rings is 1. The van der Waals surface area contributed by atoms with Gasteiger partial charge in [0.2, 0.25) is 5.89 Å². The number of para-hydroxylation sites is 1. The van der Waals surface area contributed by atoms with E-state index < -0.39 is 0 Å².